The number of carbonyl (C=O) groups is 1. The fraction of sp³-hybridized carbons (Fsp3) is 0.364. The van der Waals surface area contributed by atoms with E-state index in [1.54, 1.807) is 6.26 Å². The first kappa shape index (κ1) is 28.9. The van der Waals surface area contributed by atoms with Crippen LogP contribution in [0.4, 0.5) is 0 Å². The predicted octanol–water partition coefficient (Wildman–Crippen LogP) is 6.87. The first-order valence-corrected chi connectivity index (χ1v) is 14.0. The number of benzene rings is 3. The lowest BCUT2D eigenvalue weighted by Gasteiger charge is -2.40. The minimum absolute atomic E-state index is 0.101. The summed E-state index contributed by atoms with van der Waals surface area (Å²) < 4.78 is 11.9. The number of likely N-dealkylation sites (tertiary alicyclic amines) is 1. The zero-order chi connectivity index (χ0) is 27.9. The highest BCUT2D eigenvalue weighted by molar-refractivity contribution is 6.32. The minimum Gasteiger partial charge on any atom is -0.464 e. The lowest BCUT2D eigenvalue weighted by atomic mass is 9.69. The molecule has 0 aromatic heterocycles. The van der Waals surface area contributed by atoms with Gasteiger partial charge in [0.2, 0.25) is 5.91 Å². The Morgan fingerprint density at radius 1 is 1.00 bits per heavy atom. The van der Waals surface area contributed by atoms with Gasteiger partial charge in [-0.2, -0.15) is 0 Å². The highest BCUT2D eigenvalue weighted by atomic mass is 35.5. The Labute approximate surface area is 237 Å². The van der Waals surface area contributed by atoms with Crippen molar-refractivity contribution in [3.8, 4) is 5.75 Å². The molecule has 0 unspecified atom stereocenters. The fourth-order valence-electron chi connectivity index (χ4n) is 5.48. The Balaban J connectivity index is 1.44. The summed E-state index contributed by atoms with van der Waals surface area (Å²) in [6.07, 6.45) is 5.88. The van der Waals surface area contributed by atoms with Gasteiger partial charge in [0.05, 0.1) is 29.4 Å². The average molecular weight is 547 g/mol. The molecule has 6 heteroatoms. The van der Waals surface area contributed by atoms with E-state index in [4.69, 9.17) is 26.8 Å². The topological polar surface area (TPSA) is 64.8 Å². The molecule has 4 rings (SSSR count). The van der Waals surface area contributed by atoms with Crippen molar-refractivity contribution in [3.05, 3.63) is 113 Å². The molecule has 39 heavy (non-hydrogen) atoms. The molecule has 1 aliphatic rings. The largest absolute Gasteiger partial charge is 0.464 e. The molecule has 3 aromatic rings. The molecule has 5 nitrogen and oxygen atoms in total. The Morgan fingerprint density at radius 3 is 2.23 bits per heavy atom. The van der Waals surface area contributed by atoms with E-state index >= 15 is 0 Å². The number of halogens is 1. The summed E-state index contributed by atoms with van der Waals surface area (Å²) in [6, 6.07) is 25.6. The maximum Gasteiger partial charge on any atom is 0.232 e. The highest BCUT2D eigenvalue weighted by Crippen LogP contribution is 2.40. The summed E-state index contributed by atoms with van der Waals surface area (Å²) in [5, 5.41) is 0.579. The molecule has 0 spiro atoms. The van der Waals surface area contributed by atoms with Gasteiger partial charge in [0.15, 0.2) is 0 Å². The molecule has 0 aliphatic carbocycles. The van der Waals surface area contributed by atoms with Gasteiger partial charge in [-0.05, 0) is 57.2 Å². The van der Waals surface area contributed by atoms with Crippen molar-refractivity contribution in [3.63, 3.8) is 0 Å². The van der Waals surface area contributed by atoms with Crippen LogP contribution in [0.3, 0.4) is 0 Å². The number of amides is 1. The smallest absolute Gasteiger partial charge is 0.232 e. The van der Waals surface area contributed by atoms with Crippen LogP contribution in [0.15, 0.2) is 91.2 Å². The summed E-state index contributed by atoms with van der Waals surface area (Å²) in [7, 11) is 0. The molecule has 2 N–H and O–H groups in total. The van der Waals surface area contributed by atoms with Gasteiger partial charge < -0.3 is 15.2 Å². The van der Waals surface area contributed by atoms with Gasteiger partial charge in [-0.1, -0.05) is 90.5 Å². The van der Waals surface area contributed by atoms with Crippen molar-refractivity contribution < 1.29 is 14.3 Å². The summed E-state index contributed by atoms with van der Waals surface area (Å²) in [6.45, 7) is 8.56. The zero-order valence-electron chi connectivity index (χ0n) is 23.1. The van der Waals surface area contributed by atoms with E-state index in [0.29, 0.717) is 23.8 Å². The van der Waals surface area contributed by atoms with E-state index in [1.807, 2.05) is 91.9 Å². The molecular weight excluding hydrogens is 508 g/mol. The van der Waals surface area contributed by atoms with Crippen LogP contribution < -0.4 is 10.5 Å². The van der Waals surface area contributed by atoms with Gasteiger partial charge in [-0.3, -0.25) is 9.69 Å². The Morgan fingerprint density at radius 2 is 1.64 bits per heavy atom. The summed E-state index contributed by atoms with van der Waals surface area (Å²) in [5.74, 6) is 0.302. The van der Waals surface area contributed by atoms with E-state index in [1.165, 1.54) is 0 Å². The van der Waals surface area contributed by atoms with Crippen molar-refractivity contribution in [2.75, 3.05) is 13.1 Å². The van der Waals surface area contributed by atoms with Crippen molar-refractivity contribution in [1.82, 2.24) is 4.90 Å². The van der Waals surface area contributed by atoms with E-state index < -0.39 is 5.41 Å². The maximum atomic E-state index is 13.2. The molecule has 0 bridgehead atoms. The lowest BCUT2D eigenvalue weighted by Crippen LogP contribution is -2.47. The highest BCUT2D eigenvalue weighted by Gasteiger charge is 2.43. The number of ether oxygens (including phenoxy) is 2. The van der Waals surface area contributed by atoms with Crippen LogP contribution in [0.1, 0.15) is 56.7 Å². The Kier molecular flexibility index (Phi) is 9.49. The van der Waals surface area contributed by atoms with Crippen LogP contribution in [0.25, 0.3) is 0 Å². The van der Waals surface area contributed by atoms with Crippen LogP contribution in [0, 0.1) is 0 Å². The predicted molar refractivity (Wildman–Crippen MR) is 158 cm³/mol. The van der Waals surface area contributed by atoms with Crippen molar-refractivity contribution in [2.45, 2.75) is 63.7 Å². The normalized spacial score (nSPS) is 16.6. The first-order chi connectivity index (χ1) is 18.8. The second-order valence-corrected chi connectivity index (χ2v) is 11.2. The number of hydrogen-bond acceptors (Lipinski definition) is 4. The van der Waals surface area contributed by atoms with Crippen LogP contribution >= 0.6 is 11.6 Å². The number of carbonyl (C=O) groups excluding carboxylic acids is 1. The second kappa shape index (κ2) is 12.8. The molecule has 1 heterocycles. The Hall–Kier alpha value is -3.12. The number of nitrogens with zero attached hydrogens (tertiary/aromatic N) is 1. The minimum atomic E-state index is -0.897. The third-order valence-corrected chi connectivity index (χ3v) is 8.34. The van der Waals surface area contributed by atoms with E-state index in [2.05, 4.69) is 18.7 Å². The SMILES string of the molecule is C/C=C\Oc1cccc(CO[C@@H]2CCN(C(C)(C)CCC(C(N)=O)(c3ccccc3)c3ccccc3)C2)c1Cl. The van der Waals surface area contributed by atoms with Crippen molar-refractivity contribution >= 4 is 17.5 Å². The molecule has 206 valence electrons. The van der Waals surface area contributed by atoms with E-state index in [9.17, 15) is 4.79 Å². The van der Waals surface area contributed by atoms with Crippen LogP contribution in [-0.2, 0) is 21.6 Å². The average Bonchev–Trinajstić information content (AvgIpc) is 3.43. The van der Waals surface area contributed by atoms with E-state index in [0.717, 1.165) is 42.6 Å². The molecule has 1 amide bonds. The molecule has 0 radical (unpaired) electrons. The number of allylic oxidation sites excluding steroid dienone is 1. The third kappa shape index (κ3) is 6.55. The standard InChI is InChI=1S/C33H39ClN2O3/c1-4-22-38-29-17-11-12-25(30(29)34)24-39-28-18-21-36(23-28)32(2,3)19-20-33(31(35)37,26-13-7-5-8-14-26)27-15-9-6-10-16-27/h4-17,22,28H,18-21,23-24H2,1-3H3,(H2,35,37)/b22-4-/t28-/m1/s1. The van der Waals surface area contributed by atoms with Gasteiger partial charge >= 0.3 is 0 Å². The fourth-order valence-corrected chi connectivity index (χ4v) is 5.71. The summed E-state index contributed by atoms with van der Waals surface area (Å²) in [4.78, 5) is 15.7. The van der Waals surface area contributed by atoms with Gasteiger partial charge in [0.1, 0.15) is 5.75 Å². The molecular formula is C33H39ClN2O3. The van der Waals surface area contributed by atoms with Gasteiger partial charge in [0.25, 0.3) is 0 Å². The van der Waals surface area contributed by atoms with Gasteiger partial charge in [-0.25, -0.2) is 0 Å². The van der Waals surface area contributed by atoms with Crippen LogP contribution in [0.5, 0.6) is 5.75 Å². The molecule has 1 aliphatic heterocycles. The first-order valence-electron chi connectivity index (χ1n) is 13.6. The number of rotatable bonds is 12. The molecule has 1 fully saturated rings. The van der Waals surface area contributed by atoms with Crippen molar-refractivity contribution in [1.29, 1.82) is 0 Å². The van der Waals surface area contributed by atoms with Crippen LogP contribution in [0.2, 0.25) is 5.02 Å². The summed E-state index contributed by atoms with van der Waals surface area (Å²) >= 11 is 6.55. The second-order valence-electron chi connectivity index (χ2n) is 10.8. The number of primary amides is 1. The lowest BCUT2D eigenvalue weighted by molar-refractivity contribution is -0.122. The molecule has 3 aromatic carbocycles. The monoisotopic (exact) mass is 546 g/mol. The van der Waals surface area contributed by atoms with Crippen LogP contribution in [-0.4, -0.2) is 35.5 Å². The third-order valence-electron chi connectivity index (χ3n) is 7.92. The van der Waals surface area contributed by atoms with Gasteiger partial charge in [0, 0.05) is 24.2 Å². The molecule has 1 saturated heterocycles. The molecule has 1 atom stereocenters. The summed E-state index contributed by atoms with van der Waals surface area (Å²) in [5.41, 5.74) is 7.91. The number of hydrogen-bond donors (Lipinski definition) is 1. The molecule has 0 saturated carbocycles. The quantitative estimate of drug-likeness (QED) is 0.252. The number of nitrogens with two attached hydrogens (primary N) is 1. The van der Waals surface area contributed by atoms with Gasteiger partial charge in [-0.15, -0.1) is 0 Å². The maximum absolute atomic E-state index is 13.2. The zero-order valence-corrected chi connectivity index (χ0v) is 23.9. The van der Waals surface area contributed by atoms with E-state index in [-0.39, 0.29) is 17.6 Å². The van der Waals surface area contributed by atoms with Crippen molar-refractivity contribution in [2.24, 2.45) is 5.73 Å². The Bertz CT molecular complexity index is 1220.